The molecule has 0 spiro atoms. The zero-order chi connectivity index (χ0) is 14.9. The van der Waals surface area contributed by atoms with Crippen LogP contribution >= 0.6 is 27.3 Å². The molecule has 3 nitrogen and oxygen atoms in total. The molecule has 2 aromatic rings. The first kappa shape index (κ1) is 15.0. The number of benzene rings is 1. The van der Waals surface area contributed by atoms with E-state index in [1.54, 1.807) is 6.92 Å². The minimum Gasteiger partial charge on any atom is -0.298 e. The molecular weight excluding hydrogens is 357 g/mol. The summed E-state index contributed by atoms with van der Waals surface area (Å²) < 4.78 is 39.0. The molecule has 0 fully saturated rings. The summed E-state index contributed by atoms with van der Waals surface area (Å²) in [5, 5.41) is 2.63. The number of hydrogen-bond donors (Lipinski definition) is 1. The van der Waals surface area contributed by atoms with E-state index in [1.165, 1.54) is 23.6 Å². The van der Waals surface area contributed by atoms with E-state index >= 15 is 0 Å². The van der Waals surface area contributed by atoms with Crippen LogP contribution in [0.15, 0.2) is 28.9 Å². The van der Waals surface area contributed by atoms with Gasteiger partial charge in [0.05, 0.1) is 11.1 Å². The van der Waals surface area contributed by atoms with Crippen LogP contribution in [-0.2, 0) is 6.18 Å². The van der Waals surface area contributed by atoms with Crippen molar-refractivity contribution < 1.29 is 18.0 Å². The number of nitrogens with zero attached hydrogens (tertiary/aromatic N) is 1. The van der Waals surface area contributed by atoms with E-state index in [-0.39, 0.29) is 9.60 Å². The maximum atomic E-state index is 12.9. The minimum atomic E-state index is -4.60. The monoisotopic (exact) mass is 364 g/mol. The lowest BCUT2D eigenvalue weighted by Crippen LogP contribution is -2.18. The van der Waals surface area contributed by atoms with Crippen molar-refractivity contribution in [2.24, 2.45) is 0 Å². The van der Waals surface area contributed by atoms with Crippen LogP contribution in [0.4, 0.5) is 18.3 Å². The Hall–Kier alpha value is -1.41. The van der Waals surface area contributed by atoms with Crippen molar-refractivity contribution in [1.82, 2.24) is 4.98 Å². The molecule has 1 amide bonds. The van der Waals surface area contributed by atoms with E-state index < -0.39 is 23.2 Å². The van der Waals surface area contributed by atoms with Crippen molar-refractivity contribution >= 4 is 38.3 Å². The number of anilines is 1. The first-order chi connectivity index (χ1) is 9.27. The molecule has 1 N–H and O–H groups in total. The second kappa shape index (κ2) is 5.53. The lowest BCUT2D eigenvalue weighted by Gasteiger charge is -2.12. The molecule has 0 aliphatic carbocycles. The molecule has 0 bridgehead atoms. The molecule has 1 aromatic heterocycles. The number of thiazole rings is 1. The van der Waals surface area contributed by atoms with Crippen LogP contribution in [0.25, 0.3) is 0 Å². The number of aromatic nitrogens is 1. The zero-order valence-corrected chi connectivity index (χ0v) is 12.5. The molecule has 0 unspecified atom stereocenters. The molecule has 0 saturated carbocycles. The van der Waals surface area contributed by atoms with E-state index in [4.69, 9.17) is 0 Å². The number of nitrogens with one attached hydrogen (secondary N) is 1. The Morgan fingerprint density at radius 1 is 1.40 bits per heavy atom. The molecule has 0 aliphatic rings. The Kier molecular flexibility index (Phi) is 4.14. The summed E-state index contributed by atoms with van der Waals surface area (Å²) in [6.07, 6.45) is -3.07. The Morgan fingerprint density at radius 3 is 2.65 bits per heavy atom. The topological polar surface area (TPSA) is 42.0 Å². The molecule has 0 saturated heterocycles. The standard InChI is InChI=1S/C12H8BrF3N2OS/c1-6-5-17-11(20-6)18-10(19)8-3-2-7(13)4-9(8)12(14,15)16/h2-5H,1H3,(H,17,18,19). The van der Waals surface area contributed by atoms with Crippen LogP contribution in [0.2, 0.25) is 0 Å². The maximum absolute atomic E-state index is 12.9. The Morgan fingerprint density at radius 2 is 2.10 bits per heavy atom. The zero-order valence-electron chi connectivity index (χ0n) is 10.1. The van der Waals surface area contributed by atoms with Gasteiger partial charge in [0.15, 0.2) is 5.13 Å². The number of hydrogen-bond acceptors (Lipinski definition) is 3. The van der Waals surface area contributed by atoms with Crippen LogP contribution < -0.4 is 5.32 Å². The molecular formula is C12H8BrF3N2OS. The van der Waals surface area contributed by atoms with Gasteiger partial charge in [-0.2, -0.15) is 13.2 Å². The van der Waals surface area contributed by atoms with E-state index in [0.717, 1.165) is 17.0 Å². The summed E-state index contributed by atoms with van der Waals surface area (Å²) >= 11 is 4.16. The smallest absolute Gasteiger partial charge is 0.298 e. The van der Waals surface area contributed by atoms with Crippen LogP contribution in [0.1, 0.15) is 20.8 Å². The summed E-state index contributed by atoms with van der Waals surface area (Å²) in [5.74, 6) is -0.834. The normalized spacial score (nSPS) is 11.4. The third kappa shape index (κ3) is 3.37. The third-order valence-electron chi connectivity index (χ3n) is 2.37. The highest BCUT2D eigenvalue weighted by molar-refractivity contribution is 9.10. The fourth-order valence-corrected chi connectivity index (χ4v) is 2.55. The van der Waals surface area contributed by atoms with Gasteiger partial charge in [0.2, 0.25) is 0 Å². The summed E-state index contributed by atoms with van der Waals surface area (Å²) in [6, 6.07) is 3.39. The van der Waals surface area contributed by atoms with Crippen LogP contribution in [0, 0.1) is 6.92 Å². The van der Waals surface area contributed by atoms with Crippen LogP contribution in [0.5, 0.6) is 0 Å². The SMILES string of the molecule is Cc1cnc(NC(=O)c2ccc(Br)cc2C(F)(F)F)s1. The molecule has 2 rings (SSSR count). The predicted octanol–water partition coefficient (Wildman–Crippen LogP) is 4.49. The largest absolute Gasteiger partial charge is 0.417 e. The van der Waals surface area contributed by atoms with Gasteiger partial charge in [-0.25, -0.2) is 4.98 Å². The van der Waals surface area contributed by atoms with Gasteiger partial charge in [-0.15, -0.1) is 11.3 Å². The lowest BCUT2D eigenvalue weighted by molar-refractivity contribution is -0.137. The average Bonchev–Trinajstić information content (AvgIpc) is 2.73. The Bertz CT molecular complexity index is 654. The number of carbonyl (C=O) groups excluding carboxylic acids is 1. The summed E-state index contributed by atoms with van der Waals surface area (Å²) in [5.41, 5.74) is -1.42. The molecule has 8 heteroatoms. The number of halogens is 4. The fourth-order valence-electron chi connectivity index (χ4n) is 1.53. The lowest BCUT2D eigenvalue weighted by atomic mass is 10.1. The van der Waals surface area contributed by atoms with Crippen molar-refractivity contribution in [3.05, 3.63) is 44.9 Å². The van der Waals surface area contributed by atoms with Gasteiger partial charge in [0.1, 0.15) is 0 Å². The number of carbonyl (C=O) groups is 1. The van der Waals surface area contributed by atoms with Gasteiger partial charge in [0, 0.05) is 15.5 Å². The van der Waals surface area contributed by atoms with Crippen molar-refractivity contribution in [3.63, 3.8) is 0 Å². The van der Waals surface area contributed by atoms with Crippen LogP contribution in [0.3, 0.4) is 0 Å². The quantitative estimate of drug-likeness (QED) is 0.853. The highest BCUT2D eigenvalue weighted by Crippen LogP contribution is 2.34. The summed E-state index contributed by atoms with van der Waals surface area (Å²) in [6.45, 7) is 1.79. The van der Waals surface area contributed by atoms with Gasteiger partial charge in [-0.3, -0.25) is 10.1 Å². The number of aryl methyl sites for hydroxylation is 1. The minimum absolute atomic E-state index is 0.256. The fraction of sp³-hybridized carbons (Fsp3) is 0.167. The second-order valence-corrected chi connectivity index (χ2v) is 6.07. The molecule has 106 valence electrons. The van der Waals surface area contributed by atoms with Gasteiger partial charge in [-0.05, 0) is 25.1 Å². The van der Waals surface area contributed by atoms with E-state index in [0.29, 0.717) is 0 Å². The molecule has 0 aliphatic heterocycles. The van der Waals surface area contributed by atoms with Crippen LogP contribution in [-0.4, -0.2) is 10.9 Å². The molecule has 1 heterocycles. The molecule has 0 radical (unpaired) electrons. The predicted molar refractivity (Wildman–Crippen MR) is 73.9 cm³/mol. The number of alkyl halides is 3. The van der Waals surface area contributed by atoms with E-state index in [9.17, 15) is 18.0 Å². The van der Waals surface area contributed by atoms with Crippen molar-refractivity contribution in [3.8, 4) is 0 Å². The Labute approximate surface area is 125 Å². The number of amides is 1. The first-order valence-corrected chi connectivity index (χ1v) is 6.99. The highest BCUT2D eigenvalue weighted by Gasteiger charge is 2.35. The number of rotatable bonds is 2. The third-order valence-corrected chi connectivity index (χ3v) is 3.69. The van der Waals surface area contributed by atoms with Gasteiger partial charge in [0.25, 0.3) is 5.91 Å². The first-order valence-electron chi connectivity index (χ1n) is 5.38. The van der Waals surface area contributed by atoms with Gasteiger partial charge in [-0.1, -0.05) is 15.9 Å². The van der Waals surface area contributed by atoms with Gasteiger partial charge >= 0.3 is 6.18 Å². The van der Waals surface area contributed by atoms with E-state index in [2.05, 4.69) is 26.2 Å². The summed E-state index contributed by atoms with van der Waals surface area (Å²) in [7, 11) is 0. The Balaban J connectivity index is 2.34. The highest BCUT2D eigenvalue weighted by atomic mass is 79.9. The molecule has 1 aromatic carbocycles. The average molecular weight is 365 g/mol. The van der Waals surface area contributed by atoms with Crippen molar-refractivity contribution in [2.75, 3.05) is 5.32 Å². The van der Waals surface area contributed by atoms with E-state index in [1.807, 2.05) is 0 Å². The van der Waals surface area contributed by atoms with Crippen molar-refractivity contribution in [1.29, 1.82) is 0 Å². The molecule has 20 heavy (non-hydrogen) atoms. The van der Waals surface area contributed by atoms with Gasteiger partial charge < -0.3 is 0 Å². The summed E-state index contributed by atoms with van der Waals surface area (Å²) in [4.78, 5) is 16.7. The molecule has 0 atom stereocenters. The second-order valence-electron chi connectivity index (χ2n) is 3.92. The maximum Gasteiger partial charge on any atom is 0.417 e. The van der Waals surface area contributed by atoms with Crippen molar-refractivity contribution in [2.45, 2.75) is 13.1 Å².